The number of nitrogens with zero attached hydrogens (tertiary/aromatic N) is 15. The van der Waals surface area contributed by atoms with Gasteiger partial charge in [0.2, 0.25) is 17.8 Å². The molecule has 3 saturated heterocycles. The van der Waals surface area contributed by atoms with Gasteiger partial charge in [0, 0.05) is 208 Å². The number of fused-ring (bicyclic) bond motifs is 3. The summed E-state index contributed by atoms with van der Waals surface area (Å²) in [5.74, 6) is 1.88. The summed E-state index contributed by atoms with van der Waals surface area (Å²) in [5.41, 5.74) is 17.0. The molecule has 28 heteroatoms. The van der Waals surface area contributed by atoms with Crippen LogP contribution in [-0.4, -0.2) is 155 Å². The number of halogens is 3. The number of H-pyrrole nitrogens is 1. The predicted molar refractivity (Wildman–Crippen MR) is 474 cm³/mol. The van der Waals surface area contributed by atoms with Crippen LogP contribution in [0.15, 0.2) is 203 Å². The fourth-order valence-corrected chi connectivity index (χ4v) is 17.2. The number of benzene rings is 6. The molecule has 1 saturated carbocycles. The minimum Gasteiger partial charge on any atom is -0.371 e. The van der Waals surface area contributed by atoms with E-state index < -0.39 is 0 Å². The molecule has 117 heavy (non-hydrogen) atoms. The Morgan fingerprint density at radius 1 is 0.470 bits per heavy atom. The summed E-state index contributed by atoms with van der Waals surface area (Å²) in [7, 11) is 4.32. The van der Waals surface area contributed by atoms with Crippen LogP contribution in [0.1, 0.15) is 76.0 Å². The Balaban J connectivity index is 0.000000131. The van der Waals surface area contributed by atoms with E-state index in [-0.39, 0.29) is 22.8 Å². The number of rotatable bonds is 18. The SMILES string of the molecule is CCn1c(=O)c(-c2ccc(-c3cnc[nH]3)cc2Cl)cc2cnc(Nc3ccc(N4CCN(C)CC4)cc3)nc21.CCn1c(=O)c(-c2ccc(-c3cncs3)cc2Cl)cc2cnc(Nc3ccc(C4CNCCO4)cc3)nc21.CCn1c(=O)c(-c2ccc(C3CCCCC3)cc2Cl)cc2cnc(Nc3ccc(N4CCN(C)CC4)cc3)nc21. The summed E-state index contributed by atoms with van der Waals surface area (Å²) < 4.78 is 10.9. The number of pyridine rings is 3. The van der Waals surface area contributed by atoms with Gasteiger partial charge in [-0.2, -0.15) is 15.0 Å². The Kier molecular flexibility index (Phi) is 24.5. The van der Waals surface area contributed by atoms with E-state index in [2.05, 4.69) is 138 Å². The van der Waals surface area contributed by atoms with Gasteiger partial charge in [-0.15, -0.1) is 11.3 Å². The molecule has 0 spiro atoms. The molecule has 14 aromatic rings. The lowest BCUT2D eigenvalue weighted by molar-refractivity contribution is 0.0277. The lowest BCUT2D eigenvalue weighted by Gasteiger charge is -2.34. The second-order valence-corrected chi connectivity index (χ2v) is 31.9. The van der Waals surface area contributed by atoms with Crippen LogP contribution in [0.2, 0.25) is 15.1 Å². The number of ether oxygens (including phenoxy) is 1. The first-order chi connectivity index (χ1) is 57.1. The summed E-state index contributed by atoms with van der Waals surface area (Å²) in [6, 6.07) is 47.8. The number of thiazole rings is 1. The molecule has 4 aliphatic rings. The zero-order chi connectivity index (χ0) is 80.6. The lowest BCUT2D eigenvalue weighted by atomic mass is 9.83. The van der Waals surface area contributed by atoms with Gasteiger partial charge in [0.05, 0.1) is 41.3 Å². The number of aromatic nitrogens is 12. The molecule has 5 N–H and O–H groups in total. The van der Waals surface area contributed by atoms with Crippen LogP contribution in [0.25, 0.3) is 88.2 Å². The van der Waals surface area contributed by atoms with E-state index in [1.165, 1.54) is 49.0 Å². The second-order valence-electron chi connectivity index (χ2n) is 29.8. The first-order valence-corrected chi connectivity index (χ1v) is 41.9. The van der Waals surface area contributed by atoms with Crippen molar-refractivity contribution in [2.24, 2.45) is 0 Å². The van der Waals surface area contributed by atoms with Crippen LogP contribution < -0.4 is 47.7 Å². The van der Waals surface area contributed by atoms with Gasteiger partial charge in [0.15, 0.2) is 0 Å². The zero-order valence-electron chi connectivity index (χ0n) is 65.9. The maximum absolute atomic E-state index is 13.6. The molecule has 1 unspecified atom stereocenters. The van der Waals surface area contributed by atoms with Gasteiger partial charge in [-0.3, -0.25) is 33.1 Å². The number of aromatic amines is 1. The number of hydrogen-bond donors (Lipinski definition) is 5. The van der Waals surface area contributed by atoms with Gasteiger partial charge in [-0.1, -0.05) is 103 Å². The normalized spacial score (nSPS) is 15.6. The molecule has 8 aromatic heterocycles. The third-order valence-corrected chi connectivity index (χ3v) is 24.0. The molecule has 598 valence electrons. The van der Waals surface area contributed by atoms with Gasteiger partial charge in [0.1, 0.15) is 16.9 Å². The average molecular weight is 1640 g/mol. The molecule has 4 fully saturated rings. The van der Waals surface area contributed by atoms with Gasteiger partial charge < -0.3 is 50.6 Å². The number of morpholine rings is 1. The minimum atomic E-state index is -0.151. The van der Waals surface area contributed by atoms with E-state index in [9.17, 15) is 14.4 Å². The maximum Gasteiger partial charge on any atom is 0.260 e. The van der Waals surface area contributed by atoms with Crippen LogP contribution in [0.5, 0.6) is 0 Å². The molecule has 0 radical (unpaired) electrons. The molecule has 3 aliphatic heterocycles. The van der Waals surface area contributed by atoms with Crippen molar-refractivity contribution < 1.29 is 4.74 Å². The van der Waals surface area contributed by atoms with Crippen LogP contribution in [0.3, 0.4) is 0 Å². The van der Waals surface area contributed by atoms with E-state index >= 15 is 0 Å². The highest BCUT2D eigenvalue weighted by Gasteiger charge is 2.24. The Morgan fingerprint density at radius 2 is 0.906 bits per heavy atom. The van der Waals surface area contributed by atoms with Crippen molar-refractivity contribution in [1.82, 2.24) is 73.7 Å². The van der Waals surface area contributed by atoms with E-state index in [1.807, 2.05) is 118 Å². The summed E-state index contributed by atoms with van der Waals surface area (Å²) in [4.78, 5) is 90.3. The van der Waals surface area contributed by atoms with Crippen LogP contribution in [0.4, 0.5) is 46.3 Å². The fraction of sp³-hybridized carbons (Fsp3) is 0.292. The molecule has 18 rings (SSSR count). The van der Waals surface area contributed by atoms with Crippen LogP contribution in [0, 0.1) is 0 Å². The molecule has 0 bridgehead atoms. The van der Waals surface area contributed by atoms with Crippen molar-refractivity contribution in [2.45, 2.75) is 84.5 Å². The summed E-state index contributed by atoms with van der Waals surface area (Å²) >= 11 is 21.6. The number of aryl methyl sites for hydroxylation is 3. The first kappa shape index (κ1) is 79.6. The third-order valence-electron chi connectivity index (χ3n) is 22.3. The topological polar surface area (TPSA) is 255 Å². The summed E-state index contributed by atoms with van der Waals surface area (Å²) in [5, 5.41) is 17.1. The van der Waals surface area contributed by atoms with Crippen LogP contribution >= 0.6 is 46.1 Å². The molecular formula is C89H91Cl3N20O4S. The number of imidazole rings is 1. The highest BCUT2D eigenvalue weighted by atomic mass is 35.5. The van der Waals surface area contributed by atoms with Crippen molar-refractivity contribution in [1.29, 1.82) is 0 Å². The smallest absolute Gasteiger partial charge is 0.260 e. The number of nitrogens with one attached hydrogen (secondary N) is 5. The standard InChI is InChI=1S/C32H37ClN6O.C29H29ClN8O.C28H25ClN6O2S/c1-3-39-30-24(19-28(31(39)40)27-14-9-23(20-29(27)33)22-7-5-4-6-8-22)21-34-32(36-30)35-25-10-12-26(13-11-25)38-17-15-37(2)16-18-38;1-3-38-27-20(14-24(28(38)39)23-9-4-19(15-25(23)30)26-17-31-18-33-26)16-32-29(35-27)34-21-5-7-22(8-6-21)37-12-10-36(2)11-13-37;1-2-35-26-19(11-22(27(35)36)21-8-5-18(12-23(21)29)25-15-31-16-38-25)13-32-28(34-26)33-20-6-3-17(4-7-20)24-14-30-9-10-37-24/h9-14,19-22H,3-8,15-18H2,1-2H3,(H,34,35,36);4-9,14-18H,3,10-13H2,1-2H3,(H,31,33)(H,32,34,35);3-8,11-13,15-16,24,30H,2,9-10,14H2,1H3,(H,32,33,34). The second kappa shape index (κ2) is 36.1. The highest BCUT2D eigenvalue weighted by Crippen LogP contribution is 2.39. The largest absolute Gasteiger partial charge is 0.371 e. The molecule has 1 aliphatic carbocycles. The van der Waals surface area contributed by atoms with Gasteiger partial charge in [-0.25, -0.2) is 19.9 Å². The monoisotopic (exact) mass is 1640 g/mol. The van der Waals surface area contributed by atoms with E-state index in [1.54, 1.807) is 67.9 Å². The van der Waals surface area contributed by atoms with Gasteiger partial charge in [0.25, 0.3) is 16.7 Å². The third kappa shape index (κ3) is 17.9. The minimum absolute atomic E-state index is 0.0558. The van der Waals surface area contributed by atoms with Crippen molar-refractivity contribution in [3.8, 4) is 55.1 Å². The number of hydrogen-bond acceptors (Lipinski definition) is 21. The maximum atomic E-state index is 13.6. The van der Waals surface area contributed by atoms with Crippen LogP contribution in [-0.2, 0) is 24.4 Å². The molecule has 11 heterocycles. The predicted octanol–water partition coefficient (Wildman–Crippen LogP) is 17.4. The Bertz CT molecular complexity index is 6040. The summed E-state index contributed by atoms with van der Waals surface area (Å²) in [6.45, 7) is 18.0. The number of anilines is 8. The highest BCUT2D eigenvalue weighted by molar-refractivity contribution is 7.13. The van der Waals surface area contributed by atoms with E-state index in [4.69, 9.17) is 49.5 Å². The van der Waals surface area contributed by atoms with Crippen molar-refractivity contribution >= 4 is 126 Å². The fourth-order valence-electron chi connectivity index (χ4n) is 15.7. The molecule has 24 nitrogen and oxygen atoms in total. The molecule has 1 atom stereocenters. The van der Waals surface area contributed by atoms with Crippen molar-refractivity contribution in [2.75, 3.05) is 112 Å². The zero-order valence-corrected chi connectivity index (χ0v) is 69.0. The molecule has 6 aromatic carbocycles. The molecular weight excluding hydrogens is 1550 g/mol. The van der Waals surface area contributed by atoms with E-state index in [0.717, 1.165) is 131 Å². The van der Waals surface area contributed by atoms with Gasteiger partial charge in [-0.05, 0) is 167 Å². The summed E-state index contributed by atoms with van der Waals surface area (Å²) in [6.07, 6.45) is 16.7. The van der Waals surface area contributed by atoms with E-state index in [0.29, 0.717) is 110 Å². The number of piperazine rings is 2. The lowest BCUT2D eigenvalue weighted by Crippen LogP contribution is -2.44. The number of likely N-dealkylation sites (N-methyl/N-ethyl adjacent to an activating group) is 2. The molecule has 0 amide bonds. The Morgan fingerprint density at radius 3 is 1.32 bits per heavy atom. The quantitative estimate of drug-likeness (QED) is 0.0535. The Hall–Kier alpha value is -11.3. The van der Waals surface area contributed by atoms with Crippen molar-refractivity contribution in [3.63, 3.8) is 0 Å². The Labute approximate surface area is 696 Å². The van der Waals surface area contributed by atoms with Gasteiger partial charge >= 0.3 is 0 Å². The average Bonchev–Trinajstić information content (AvgIpc) is 1.59. The van der Waals surface area contributed by atoms with Crippen molar-refractivity contribution in [3.05, 3.63) is 246 Å². The first-order valence-electron chi connectivity index (χ1n) is 39.9.